The summed E-state index contributed by atoms with van der Waals surface area (Å²) in [7, 11) is 0. The molecule has 1 rings (SSSR count). The molecular weight excluding hydrogens is 168 g/mol. The molecule has 1 nitrogen and oxygen atoms in total. The molecule has 0 N–H and O–H groups in total. The van der Waals surface area contributed by atoms with Gasteiger partial charge in [0.05, 0.1) is 5.25 Å². The van der Waals surface area contributed by atoms with Crippen molar-refractivity contribution in [2.75, 3.05) is 0 Å². The minimum Gasteiger partial charge on any atom is -0.299 e. The molecule has 0 aliphatic carbocycles. The molecular formula is C10H16OS. The summed E-state index contributed by atoms with van der Waals surface area (Å²) >= 11 is 1.75. The van der Waals surface area contributed by atoms with Gasteiger partial charge in [-0.15, -0.1) is 11.8 Å². The maximum atomic E-state index is 11.2. The third-order valence-electron chi connectivity index (χ3n) is 2.14. The van der Waals surface area contributed by atoms with E-state index >= 15 is 0 Å². The van der Waals surface area contributed by atoms with Gasteiger partial charge in [0.2, 0.25) is 0 Å². The highest BCUT2D eigenvalue weighted by Crippen LogP contribution is 2.40. The summed E-state index contributed by atoms with van der Waals surface area (Å²) in [4.78, 5) is 12.5. The number of hydrogen-bond acceptors (Lipinski definition) is 2. The van der Waals surface area contributed by atoms with Crippen LogP contribution >= 0.6 is 11.8 Å². The summed E-state index contributed by atoms with van der Waals surface area (Å²) in [6.07, 6.45) is 2.24. The third kappa shape index (κ3) is 1.92. The number of ketones is 1. The van der Waals surface area contributed by atoms with E-state index in [-0.39, 0.29) is 5.25 Å². The highest BCUT2D eigenvalue weighted by molar-refractivity contribution is 8.04. The molecule has 68 valence electrons. The summed E-state index contributed by atoms with van der Waals surface area (Å²) in [6, 6.07) is 0. The number of Topliss-reactive ketones (excluding diaryl/α,β-unsaturated/α-hetero) is 1. The van der Waals surface area contributed by atoms with Crippen LogP contribution in [0.1, 0.15) is 27.7 Å². The van der Waals surface area contributed by atoms with Gasteiger partial charge in [0, 0.05) is 0 Å². The van der Waals surface area contributed by atoms with E-state index in [0.29, 0.717) is 17.6 Å². The molecule has 0 radical (unpaired) electrons. The van der Waals surface area contributed by atoms with Gasteiger partial charge in [-0.25, -0.2) is 0 Å². The Morgan fingerprint density at radius 2 is 2.17 bits per heavy atom. The van der Waals surface area contributed by atoms with Crippen molar-refractivity contribution in [2.45, 2.75) is 32.9 Å². The first-order chi connectivity index (χ1) is 5.52. The lowest BCUT2D eigenvalue weighted by molar-refractivity contribution is -0.116. The van der Waals surface area contributed by atoms with Crippen molar-refractivity contribution < 1.29 is 4.79 Å². The monoisotopic (exact) mass is 184 g/mol. The number of thioether (sulfide) groups is 1. The van der Waals surface area contributed by atoms with Gasteiger partial charge in [0.1, 0.15) is 5.78 Å². The molecule has 1 aliphatic heterocycles. The van der Waals surface area contributed by atoms with Crippen LogP contribution < -0.4 is 0 Å². The van der Waals surface area contributed by atoms with Crippen molar-refractivity contribution in [2.24, 2.45) is 11.8 Å². The standard InChI is InChI=1S/C10H16OS/c1-6(2)9-5-7(3)10(12-9)8(4)11/h5-7,10H,1-4H3. The van der Waals surface area contributed by atoms with Crippen molar-refractivity contribution >= 4 is 17.5 Å². The molecule has 0 saturated carbocycles. The predicted octanol–water partition coefficient (Wildman–Crippen LogP) is 2.87. The summed E-state index contributed by atoms with van der Waals surface area (Å²) < 4.78 is 0. The number of allylic oxidation sites excluding steroid dienone is 2. The normalized spacial score (nSPS) is 29.2. The van der Waals surface area contributed by atoms with Crippen LogP contribution in [0.3, 0.4) is 0 Å². The van der Waals surface area contributed by atoms with Crippen LogP contribution in [0.15, 0.2) is 11.0 Å². The number of hydrogen-bond donors (Lipinski definition) is 0. The number of rotatable bonds is 2. The molecule has 2 unspecified atom stereocenters. The zero-order valence-electron chi connectivity index (χ0n) is 8.13. The Labute approximate surface area is 78.6 Å². The molecule has 0 amide bonds. The van der Waals surface area contributed by atoms with Gasteiger partial charge in [-0.1, -0.05) is 26.8 Å². The van der Waals surface area contributed by atoms with Gasteiger partial charge >= 0.3 is 0 Å². The van der Waals surface area contributed by atoms with Crippen LogP contribution in [0, 0.1) is 11.8 Å². The predicted molar refractivity (Wildman–Crippen MR) is 54.1 cm³/mol. The molecule has 1 aliphatic rings. The summed E-state index contributed by atoms with van der Waals surface area (Å²) in [6.45, 7) is 8.15. The van der Waals surface area contributed by atoms with E-state index in [2.05, 4.69) is 26.8 Å². The molecule has 0 spiro atoms. The van der Waals surface area contributed by atoms with Gasteiger partial charge in [0.15, 0.2) is 0 Å². The lowest BCUT2D eigenvalue weighted by Gasteiger charge is -2.10. The highest BCUT2D eigenvalue weighted by Gasteiger charge is 2.29. The molecule has 0 bridgehead atoms. The van der Waals surface area contributed by atoms with Crippen molar-refractivity contribution in [3.05, 3.63) is 11.0 Å². The largest absolute Gasteiger partial charge is 0.299 e. The molecule has 0 saturated heterocycles. The van der Waals surface area contributed by atoms with Crippen molar-refractivity contribution in [3.8, 4) is 0 Å². The van der Waals surface area contributed by atoms with E-state index in [4.69, 9.17) is 0 Å². The van der Waals surface area contributed by atoms with Crippen molar-refractivity contribution in [1.29, 1.82) is 0 Å². The Bertz CT molecular complexity index is 218. The molecule has 0 aromatic rings. The molecule has 0 fully saturated rings. The Balaban J connectivity index is 2.67. The van der Waals surface area contributed by atoms with Crippen molar-refractivity contribution in [1.82, 2.24) is 0 Å². The smallest absolute Gasteiger partial charge is 0.143 e. The summed E-state index contributed by atoms with van der Waals surface area (Å²) in [5.74, 6) is 1.30. The van der Waals surface area contributed by atoms with Crippen LogP contribution in [0.25, 0.3) is 0 Å². The van der Waals surface area contributed by atoms with Gasteiger partial charge in [-0.3, -0.25) is 4.79 Å². The third-order valence-corrected chi connectivity index (χ3v) is 4.03. The van der Waals surface area contributed by atoms with Crippen LogP contribution in [-0.4, -0.2) is 11.0 Å². The molecule has 12 heavy (non-hydrogen) atoms. The van der Waals surface area contributed by atoms with E-state index in [1.165, 1.54) is 4.91 Å². The van der Waals surface area contributed by atoms with Gasteiger partial charge in [-0.05, 0) is 23.7 Å². The SMILES string of the molecule is CC(=O)C1SC(C(C)C)=CC1C. The summed E-state index contributed by atoms with van der Waals surface area (Å²) in [5, 5.41) is 0.183. The van der Waals surface area contributed by atoms with Crippen LogP contribution in [-0.2, 0) is 4.79 Å². The fourth-order valence-electron chi connectivity index (χ4n) is 1.42. The van der Waals surface area contributed by atoms with E-state index in [9.17, 15) is 4.79 Å². The number of carbonyl (C=O) groups excluding carboxylic acids is 1. The Hall–Kier alpha value is -0.240. The van der Waals surface area contributed by atoms with E-state index in [1.807, 2.05) is 0 Å². The minimum absolute atomic E-state index is 0.183. The van der Waals surface area contributed by atoms with Crippen LogP contribution in [0.2, 0.25) is 0 Å². The second kappa shape index (κ2) is 3.65. The second-order valence-corrected chi connectivity index (χ2v) is 4.95. The molecule has 0 aromatic heterocycles. The maximum Gasteiger partial charge on any atom is 0.143 e. The van der Waals surface area contributed by atoms with Crippen LogP contribution in [0.5, 0.6) is 0 Å². The molecule has 2 atom stereocenters. The first-order valence-electron chi connectivity index (χ1n) is 4.41. The number of carbonyl (C=O) groups is 1. The van der Waals surface area contributed by atoms with E-state index < -0.39 is 0 Å². The zero-order valence-corrected chi connectivity index (χ0v) is 8.94. The Morgan fingerprint density at radius 3 is 2.42 bits per heavy atom. The molecule has 2 heteroatoms. The highest BCUT2D eigenvalue weighted by atomic mass is 32.2. The minimum atomic E-state index is 0.183. The van der Waals surface area contributed by atoms with Gasteiger partial charge < -0.3 is 0 Å². The van der Waals surface area contributed by atoms with E-state index in [1.54, 1.807) is 18.7 Å². The summed E-state index contributed by atoms with van der Waals surface area (Å²) in [5.41, 5.74) is 0. The Morgan fingerprint density at radius 1 is 1.58 bits per heavy atom. The molecule has 0 aromatic carbocycles. The lowest BCUT2D eigenvalue weighted by Crippen LogP contribution is -2.17. The average molecular weight is 184 g/mol. The topological polar surface area (TPSA) is 17.1 Å². The van der Waals surface area contributed by atoms with E-state index in [0.717, 1.165) is 0 Å². The zero-order chi connectivity index (χ0) is 9.30. The van der Waals surface area contributed by atoms with Crippen LogP contribution in [0.4, 0.5) is 0 Å². The Kier molecular flexibility index (Phi) is 2.99. The first kappa shape index (κ1) is 9.85. The fourth-order valence-corrected chi connectivity index (χ4v) is 2.74. The second-order valence-electron chi connectivity index (χ2n) is 3.73. The van der Waals surface area contributed by atoms with Gasteiger partial charge in [0.25, 0.3) is 0 Å². The quantitative estimate of drug-likeness (QED) is 0.656. The maximum absolute atomic E-state index is 11.2. The molecule has 1 heterocycles. The van der Waals surface area contributed by atoms with Gasteiger partial charge in [-0.2, -0.15) is 0 Å². The average Bonchev–Trinajstić information content (AvgIpc) is 2.30. The lowest BCUT2D eigenvalue weighted by atomic mass is 10.0. The first-order valence-corrected chi connectivity index (χ1v) is 5.29. The fraction of sp³-hybridized carbons (Fsp3) is 0.700. The van der Waals surface area contributed by atoms with Crippen molar-refractivity contribution in [3.63, 3.8) is 0 Å².